The minimum Gasteiger partial charge on any atom is -0.494 e. The van der Waals surface area contributed by atoms with Crippen molar-refractivity contribution in [2.75, 3.05) is 7.11 Å². The Morgan fingerprint density at radius 3 is 2.50 bits per heavy atom. The van der Waals surface area contributed by atoms with Gasteiger partial charge in [-0.2, -0.15) is 13.2 Å². The van der Waals surface area contributed by atoms with Crippen molar-refractivity contribution in [1.82, 2.24) is 4.98 Å². The molecule has 2 aromatic rings. The number of halogens is 4. The number of aromatic nitrogens is 1. The van der Waals surface area contributed by atoms with Crippen molar-refractivity contribution in [3.05, 3.63) is 34.5 Å². The van der Waals surface area contributed by atoms with Crippen LogP contribution in [0.25, 0.3) is 10.9 Å². The average molecular weight is 276 g/mol. The summed E-state index contributed by atoms with van der Waals surface area (Å²) in [6, 6.07) is 2.19. The summed E-state index contributed by atoms with van der Waals surface area (Å²) in [6.45, 7) is 1.61. The summed E-state index contributed by atoms with van der Waals surface area (Å²) in [4.78, 5) is 3.98. The summed E-state index contributed by atoms with van der Waals surface area (Å²) in [5.41, 5.74) is -0.203. The van der Waals surface area contributed by atoms with E-state index in [1.807, 2.05) is 0 Å². The van der Waals surface area contributed by atoms with E-state index in [2.05, 4.69) is 4.98 Å². The van der Waals surface area contributed by atoms with Crippen LogP contribution in [0, 0.1) is 6.92 Å². The van der Waals surface area contributed by atoms with Crippen LogP contribution < -0.4 is 4.74 Å². The van der Waals surface area contributed by atoms with Gasteiger partial charge in [0.05, 0.1) is 17.7 Å². The van der Waals surface area contributed by atoms with E-state index in [1.165, 1.54) is 19.4 Å². The number of benzene rings is 1. The molecule has 1 aromatic carbocycles. The molecule has 0 fully saturated rings. The summed E-state index contributed by atoms with van der Waals surface area (Å²) in [5, 5.41) is -0.0743. The van der Waals surface area contributed by atoms with Crippen molar-refractivity contribution in [2.24, 2.45) is 0 Å². The predicted octanol–water partition coefficient (Wildman–Crippen LogP) is 4.22. The van der Waals surface area contributed by atoms with Gasteiger partial charge in [-0.15, -0.1) is 0 Å². The van der Waals surface area contributed by atoms with Gasteiger partial charge in [0.1, 0.15) is 11.3 Å². The van der Waals surface area contributed by atoms with E-state index in [1.54, 1.807) is 6.92 Å². The van der Waals surface area contributed by atoms with Gasteiger partial charge >= 0.3 is 6.18 Å². The maximum Gasteiger partial charge on any atom is 0.417 e. The molecule has 2 rings (SSSR count). The zero-order chi connectivity index (χ0) is 13.5. The number of hydrogen-bond donors (Lipinski definition) is 0. The second kappa shape index (κ2) is 4.31. The number of aryl methyl sites for hydroxylation is 1. The number of rotatable bonds is 1. The third-order valence-electron chi connectivity index (χ3n) is 2.62. The van der Waals surface area contributed by atoms with E-state index < -0.39 is 11.7 Å². The van der Waals surface area contributed by atoms with Gasteiger partial charge in [0.25, 0.3) is 0 Å². The molecule has 0 aliphatic rings. The van der Waals surface area contributed by atoms with E-state index in [0.717, 1.165) is 6.07 Å². The predicted molar refractivity (Wildman–Crippen MR) is 63.0 cm³/mol. The van der Waals surface area contributed by atoms with Crippen molar-refractivity contribution in [3.63, 3.8) is 0 Å². The van der Waals surface area contributed by atoms with Crippen LogP contribution in [0.4, 0.5) is 13.2 Å². The molecule has 2 nitrogen and oxygen atoms in total. The van der Waals surface area contributed by atoms with Gasteiger partial charge in [0.2, 0.25) is 0 Å². The number of fused-ring (bicyclic) bond motifs is 1. The van der Waals surface area contributed by atoms with Crippen molar-refractivity contribution in [3.8, 4) is 5.75 Å². The van der Waals surface area contributed by atoms with Crippen LogP contribution >= 0.6 is 11.6 Å². The molecule has 0 saturated carbocycles. The standard InChI is InChI=1S/C12H9ClF3NO/c1-6-5-17-11-8(18-2)4-3-7(12(14,15)16)9(11)10(6)13/h3-5H,1-2H3. The summed E-state index contributed by atoms with van der Waals surface area (Å²) < 4.78 is 43.8. The van der Waals surface area contributed by atoms with E-state index in [0.29, 0.717) is 5.56 Å². The first-order chi connectivity index (χ1) is 8.36. The SMILES string of the molecule is COc1ccc(C(F)(F)F)c2c(Cl)c(C)cnc12. The molecule has 0 atom stereocenters. The molecule has 0 saturated heterocycles. The van der Waals surface area contributed by atoms with Crippen LogP contribution in [0.5, 0.6) is 5.75 Å². The highest BCUT2D eigenvalue weighted by molar-refractivity contribution is 6.36. The fourth-order valence-electron chi connectivity index (χ4n) is 1.74. The van der Waals surface area contributed by atoms with Crippen molar-refractivity contribution < 1.29 is 17.9 Å². The van der Waals surface area contributed by atoms with Gasteiger partial charge < -0.3 is 4.74 Å². The number of alkyl halides is 3. The number of hydrogen-bond acceptors (Lipinski definition) is 2. The van der Waals surface area contributed by atoms with Gasteiger partial charge in [-0.25, -0.2) is 0 Å². The van der Waals surface area contributed by atoms with Crippen molar-refractivity contribution >= 4 is 22.5 Å². The summed E-state index contributed by atoms with van der Waals surface area (Å²) >= 11 is 5.97. The fourth-order valence-corrected chi connectivity index (χ4v) is 1.98. The quantitative estimate of drug-likeness (QED) is 0.777. The molecule has 0 amide bonds. The average Bonchev–Trinajstić information content (AvgIpc) is 2.31. The molecule has 1 aromatic heterocycles. The first-order valence-electron chi connectivity index (χ1n) is 5.05. The lowest BCUT2D eigenvalue weighted by molar-refractivity contribution is -0.136. The second-order valence-electron chi connectivity index (χ2n) is 3.79. The third-order valence-corrected chi connectivity index (χ3v) is 3.11. The second-order valence-corrected chi connectivity index (χ2v) is 4.17. The van der Waals surface area contributed by atoms with E-state index in [-0.39, 0.29) is 21.7 Å². The highest BCUT2D eigenvalue weighted by atomic mass is 35.5. The Hall–Kier alpha value is -1.49. The van der Waals surface area contributed by atoms with Gasteiger partial charge in [-0.3, -0.25) is 4.98 Å². The van der Waals surface area contributed by atoms with Crippen LogP contribution in [0.2, 0.25) is 5.02 Å². The maximum absolute atomic E-state index is 12.9. The molecular formula is C12H9ClF3NO. The lowest BCUT2D eigenvalue weighted by atomic mass is 10.1. The molecule has 0 unspecified atom stereocenters. The maximum atomic E-state index is 12.9. The topological polar surface area (TPSA) is 22.1 Å². The number of ether oxygens (including phenoxy) is 1. The molecule has 96 valence electrons. The number of pyridine rings is 1. The zero-order valence-electron chi connectivity index (χ0n) is 9.60. The molecule has 0 bridgehead atoms. The Morgan fingerprint density at radius 2 is 1.94 bits per heavy atom. The molecule has 0 N–H and O–H groups in total. The molecule has 0 aliphatic carbocycles. The Balaban J connectivity index is 2.94. The molecule has 1 heterocycles. The zero-order valence-corrected chi connectivity index (χ0v) is 10.4. The van der Waals surface area contributed by atoms with Crippen LogP contribution in [0.3, 0.4) is 0 Å². The Bertz CT molecular complexity index is 610. The molecule has 0 spiro atoms. The molecule has 0 aliphatic heterocycles. The molecule has 6 heteroatoms. The first-order valence-corrected chi connectivity index (χ1v) is 5.43. The van der Waals surface area contributed by atoms with Gasteiger partial charge in [0, 0.05) is 11.6 Å². The Labute approximate surface area is 106 Å². The van der Waals surface area contributed by atoms with Gasteiger partial charge in [0.15, 0.2) is 0 Å². The highest BCUT2D eigenvalue weighted by Gasteiger charge is 2.34. The highest BCUT2D eigenvalue weighted by Crippen LogP contribution is 2.41. The van der Waals surface area contributed by atoms with E-state index in [9.17, 15) is 13.2 Å². The lowest BCUT2D eigenvalue weighted by Crippen LogP contribution is -2.07. The normalized spacial score (nSPS) is 11.9. The minimum atomic E-state index is -4.48. The molecule has 0 radical (unpaired) electrons. The van der Waals surface area contributed by atoms with Gasteiger partial charge in [-0.1, -0.05) is 11.6 Å². The monoisotopic (exact) mass is 275 g/mol. The van der Waals surface area contributed by atoms with Crippen molar-refractivity contribution in [2.45, 2.75) is 13.1 Å². The van der Waals surface area contributed by atoms with Crippen LogP contribution in [-0.2, 0) is 6.18 Å². The first kappa shape index (κ1) is 13.0. The Kier molecular flexibility index (Phi) is 3.11. The van der Waals surface area contributed by atoms with Crippen LogP contribution in [-0.4, -0.2) is 12.1 Å². The summed E-state index contributed by atoms with van der Waals surface area (Å²) in [6.07, 6.45) is -3.06. The summed E-state index contributed by atoms with van der Waals surface area (Å²) in [5.74, 6) is 0.264. The smallest absolute Gasteiger partial charge is 0.417 e. The molecule has 18 heavy (non-hydrogen) atoms. The van der Waals surface area contributed by atoms with Crippen molar-refractivity contribution in [1.29, 1.82) is 0 Å². The third kappa shape index (κ3) is 1.99. The fraction of sp³-hybridized carbons (Fsp3) is 0.250. The van der Waals surface area contributed by atoms with Crippen LogP contribution in [0.15, 0.2) is 18.3 Å². The number of nitrogens with zero attached hydrogens (tertiary/aromatic N) is 1. The Morgan fingerprint density at radius 1 is 1.28 bits per heavy atom. The minimum absolute atomic E-state index is 0.0474. The van der Waals surface area contributed by atoms with Crippen LogP contribution in [0.1, 0.15) is 11.1 Å². The molecular weight excluding hydrogens is 267 g/mol. The lowest BCUT2D eigenvalue weighted by Gasteiger charge is -2.14. The van der Waals surface area contributed by atoms with Gasteiger partial charge in [-0.05, 0) is 24.6 Å². The number of methoxy groups -OCH3 is 1. The van der Waals surface area contributed by atoms with E-state index in [4.69, 9.17) is 16.3 Å². The van der Waals surface area contributed by atoms with E-state index >= 15 is 0 Å². The summed E-state index contributed by atoms with van der Waals surface area (Å²) in [7, 11) is 1.37. The largest absolute Gasteiger partial charge is 0.494 e.